The van der Waals surface area contributed by atoms with E-state index in [0.29, 0.717) is 6.04 Å². The third kappa shape index (κ3) is 3.01. The second-order valence-electron chi connectivity index (χ2n) is 3.99. The van der Waals surface area contributed by atoms with E-state index in [1.165, 1.54) is 0 Å². The molecular formula is C13H16BrNO2. The second-order valence-corrected chi connectivity index (χ2v) is 5.11. The van der Waals surface area contributed by atoms with Gasteiger partial charge in [0.2, 0.25) is 0 Å². The third-order valence-corrected chi connectivity index (χ3v) is 3.08. The van der Waals surface area contributed by atoms with Gasteiger partial charge in [-0.05, 0) is 18.2 Å². The molecule has 92 valence electrons. The van der Waals surface area contributed by atoms with Gasteiger partial charge in [-0.1, -0.05) is 22.5 Å². The van der Waals surface area contributed by atoms with Gasteiger partial charge in [-0.2, -0.15) is 0 Å². The van der Waals surface area contributed by atoms with Gasteiger partial charge >= 0.3 is 0 Å². The van der Waals surface area contributed by atoms with Crippen molar-refractivity contribution in [3.05, 3.63) is 34.8 Å². The molecule has 0 bridgehead atoms. The summed E-state index contributed by atoms with van der Waals surface area (Å²) in [6.45, 7) is 5.32. The van der Waals surface area contributed by atoms with E-state index in [1.807, 2.05) is 18.2 Å². The molecule has 0 saturated heterocycles. The molecular weight excluding hydrogens is 282 g/mol. The molecule has 4 heteroatoms. The highest BCUT2D eigenvalue weighted by molar-refractivity contribution is 9.11. The van der Waals surface area contributed by atoms with Crippen LogP contribution in [0.5, 0.6) is 11.5 Å². The van der Waals surface area contributed by atoms with Crippen LogP contribution in [0.3, 0.4) is 0 Å². The lowest BCUT2D eigenvalue weighted by Gasteiger charge is -2.27. The normalized spacial score (nSPS) is 18.1. The van der Waals surface area contributed by atoms with E-state index in [0.717, 1.165) is 41.1 Å². The second kappa shape index (κ2) is 5.56. The SMILES string of the molecule is C=C(Br)CNC1CCOc2ccc(OC)cc21. The van der Waals surface area contributed by atoms with Crippen LogP contribution < -0.4 is 14.8 Å². The first-order valence-electron chi connectivity index (χ1n) is 5.58. The van der Waals surface area contributed by atoms with E-state index in [2.05, 4.69) is 27.8 Å². The molecule has 17 heavy (non-hydrogen) atoms. The molecule has 1 unspecified atom stereocenters. The molecule has 2 rings (SSSR count). The van der Waals surface area contributed by atoms with Crippen molar-refractivity contribution in [3.8, 4) is 11.5 Å². The van der Waals surface area contributed by atoms with Crippen molar-refractivity contribution in [1.29, 1.82) is 0 Å². The number of nitrogens with one attached hydrogen (secondary N) is 1. The van der Waals surface area contributed by atoms with Crippen LogP contribution in [-0.4, -0.2) is 20.3 Å². The number of rotatable bonds is 4. The average Bonchev–Trinajstić information content (AvgIpc) is 2.35. The van der Waals surface area contributed by atoms with Gasteiger partial charge in [-0.25, -0.2) is 0 Å². The fraction of sp³-hybridized carbons (Fsp3) is 0.385. The standard InChI is InChI=1S/C13H16BrNO2/c1-9(14)8-15-12-5-6-17-13-4-3-10(16-2)7-11(12)13/h3-4,7,12,15H,1,5-6,8H2,2H3. The molecule has 1 N–H and O–H groups in total. The van der Waals surface area contributed by atoms with Gasteiger partial charge < -0.3 is 14.8 Å². The van der Waals surface area contributed by atoms with Crippen molar-refractivity contribution in [2.45, 2.75) is 12.5 Å². The van der Waals surface area contributed by atoms with E-state index in [9.17, 15) is 0 Å². The van der Waals surface area contributed by atoms with E-state index >= 15 is 0 Å². The number of hydrogen-bond acceptors (Lipinski definition) is 3. The molecule has 0 fully saturated rings. The highest BCUT2D eigenvalue weighted by atomic mass is 79.9. The zero-order chi connectivity index (χ0) is 12.3. The number of fused-ring (bicyclic) bond motifs is 1. The van der Waals surface area contributed by atoms with Crippen molar-refractivity contribution in [2.24, 2.45) is 0 Å². The average molecular weight is 298 g/mol. The first-order valence-corrected chi connectivity index (χ1v) is 6.37. The fourth-order valence-corrected chi connectivity index (χ4v) is 2.11. The Bertz CT molecular complexity index is 420. The lowest BCUT2D eigenvalue weighted by Crippen LogP contribution is -2.27. The van der Waals surface area contributed by atoms with Gasteiger partial charge in [-0.3, -0.25) is 0 Å². The summed E-state index contributed by atoms with van der Waals surface area (Å²) in [5.41, 5.74) is 1.16. The Balaban J connectivity index is 2.19. The van der Waals surface area contributed by atoms with Gasteiger partial charge in [0.25, 0.3) is 0 Å². The highest BCUT2D eigenvalue weighted by Crippen LogP contribution is 2.34. The Morgan fingerprint density at radius 1 is 1.65 bits per heavy atom. The number of halogens is 1. The topological polar surface area (TPSA) is 30.5 Å². The number of benzene rings is 1. The van der Waals surface area contributed by atoms with Crippen LogP contribution >= 0.6 is 15.9 Å². The third-order valence-electron chi connectivity index (χ3n) is 2.80. The summed E-state index contributed by atoms with van der Waals surface area (Å²) in [5.74, 6) is 1.80. The minimum Gasteiger partial charge on any atom is -0.497 e. The maximum atomic E-state index is 5.63. The molecule has 1 aliphatic heterocycles. The van der Waals surface area contributed by atoms with Crippen LogP contribution in [0.2, 0.25) is 0 Å². The quantitative estimate of drug-likeness (QED) is 0.927. The Kier molecular flexibility index (Phi) is 4.07. The largest absolute Gasteiger partial charge is 0.497 e. The van der Waals surface area contributed by atoms with Gasteiger partial charge in [-0.15, -0.1) is 0 Å². The van der Waals surface area contributed by atoms with Crippen LogP contribution in [-0.2, 0) is 0 Å². The molecule has 0 aromatic heterocycles. The summed E-state index contributed by atoms with van der Waals surface area (Å²) in [6, 6.07) is 6.21. The Hall–Kier alpha value is -1.00. The predicted molar refractivity (Wildman–Crippen MR) is 71.9 cm³/mol. The molecule has 0 spiro atoms. The summed E-state index contributed by atoms with van der Waals surface area (Å²) in [6.07, 6.45) is 0.959. The van der Waals surface area contributed by atoms with Crippen LogP contribution in [0, 0.1) is 0 Å². The van der Waals surface area contributed by atoms with Crippen molar-refractivity contribution in [3.63, 3.8) is 0 Å². The van der Waals surface area contributed by atoms with E-state index in [1.54, 1.807) is 7.11 Å². The summed E-state index contributed by atoms with van der Waals surface area (Å²) in [4.78, 5) is 0. The van der Waals surface area contributed by atoms with E-state index in [-0.39, 0.29) is 0 Å². The van der Waals surface area contributed by atoms with Crippen molar-refractivity contribution in [2.75, 3.05) is 20.3 Å². The molecule has 0 saturated carbocycles. The molecule has 1 aliphatic rings. The molecule has 0 radical (unpaired) electrons. The summed E-state index contributed by atoms with van der Waals surface area (Å²) >= 11 is 3.36. The van der Waals surface area contributed by atoms with E-state index in [4.69, 9.17) is 9.47 Å². The van der Waals surface area contributed by atoms with Crippen LogP contribution in [0.15, 0.2) is 29.3 Å². The summed E-state index contributed by atoms with van der Waals surface area (Å²) in [5, 5.41) is 3.45. The minimum atomic E-state index is 0.295. The number of methoxy groups -OCH3 is 1. The smallest absolute Gasteiger partial charge is 0.124 e. The maximum Gasteiger partial charge on any atom is 0.124 e. The molecule has 1 heterocycles. The molecule has 1 aromatic rings. The Labute approximate surface area is 110 Å². The lowest BCUT2D eigenvalue weighted by atomic mass is 10.0. The van der Waals surface area contributed by atoms with Crippen LogP contribution in [0.1, 0.15) is 18.0 Å². The highest BCUT2D eigenvalue weighted by Gasteiger charge is 2.21. The predicted octanol–water partition coefficient (Wildman–Crippen LogP) is 3.02. The molecule has 1 atom stereocenters. The molecule has 0 aliphatic carbocycles. The van der Waals surface area contributed by atoms with Gasteiger partial charge in [0.15, 0.2) is 0 Å². The number of ether oxygens (including phenoxy) is 2. The number of hydrogen-bond donors (Lipinski definition) is 1. The molecule has 1 aromatic carbocycles. The Morgan fingerprint density at radius 2 is 2.47 bits per heavy atom. The summed E-state index contributed by atoms with van der Waals surface area (Å²) in [7, 11) is 1.67. The van der Waals surface area contributed by atoms with Gasteiger partial charge in [0.1, 0.15) is 11.5 Å². The van der Waals surface area contributed by atoms with Crippen molar-refractivity contribution >= 4 is 15.9 Å². The maximum absolute atomic E-state index is 5.63. The molecule has 3 nitrogen and oxygen atoms in total. The zero-order valence-electron chi connectivity index (χ0n) is 9.83. The first-order chi connectivity index (χ1) is 8.20. The first kappa shape index (κ1) is 12.5. The van der Waals surface area contributed by atoms with Crippen LogP contribution in [0.4, 0.5) is 0 Å². The lowest BCUT2D eigenvalue weighted by molar-refractivity contribution is 0.254. The van der Waals surface area contributed by atoms with Gasteiger partial charge in [0.05, 0.1) is 13.7 Å². The minimum absolute atomic E-state index is 0.295. The van der Waals surface area contributed by atoms with E-state index < -0.39 is 0 Å². The molecule has 0 amide bonds. The van der Waals surface area contributed by atoms with Crippen molar-refractivity contribution < 1.29 is 9.47 Å². The zero-order valence-corrected chi connectivity index (χ0v) is 11.4. The van der Waals surface area contributed by atoms with Crippen LogP contribution in [0.25, 0.3) is 0 Å². The Morgan fingerprint density at radius 3 is 3.18 bits per heavy atom. The van der Waals surface area contributed by atoms with Gasteiger partial charge in [0, 0.05) is 29.1 Å². The monoisotopic (exact) mass is 297 g/mol. The van der Waals surface area contributed by atoms with Crippen molar-refractivity contribution in [1.82, 2.24) is 5.32 Å². The fourth-order valence-electron chi connectivity index (χ4n) is 1.95. The summed E-state index contributed by atoms with van der Waals surface area (Å²) < 4.78 is 11.8.